The third-order valence-electron chi connectivity index (χ3n) is 5.55. The average Bonchev–Trinajstić information content (AvgIpc) is 2.87. The molecule has 1 atom stereocenters. The van der Waals surface area contributed by atoms with Gasteiger partial charge in [0, 0.05) is 40.9 Å². The molecule has 4 nitrogen and oxygen atoms in total. The quantitative estimate of drug-likeness (QED) is 0.296. The second kappa shape index (κ2) is 14.2. The van der Waals surface area contributed by atoms with Crippen molar-refractivity contribution in [1.82, 2.24) is 10.2 Å². The highest BCUT2D eigenvalue weighted by Gasteiger charge is 2.31. The molecule has 0 heterocycles. The third kappa shape index (κ3) is 8.31. The molecule has 0 unspecified atom stereocenters. The molecule has 0 saturated heterocycles. The van der Waals surface area contributed by atoms with Crippen LogP contribution in [0.15, 0.2) is 78.9 Å². The van der Waals surface area contributed by atoms with Gasteiger partial charge in [-0.05, 0) is 29.7 Å². The molecule has 0 radical (unpaired) electrons. The largest absolute Gasteiger partial charge is 0.354 e. The van der Waals surface area contributed by atoms with Gasteiger partial charge in [0.15, 0.2) is 0 Å². The van der Waals surface area contributed by atoms with Crippen molar-refractivity contribution >= 4 is 46.8 Å². The molecular formula is C28H30Cl2N2O2S. The second-order valence-corrected chi connectivity index (χ2v) is 10.00. The topological polar surface area (TPSA) is 49.4 Å². The average molecular weight is 530 g/mol. The molecule has 0 bridgehead atoms. The molecule has 3 rings (SSSR count). The maximum absolute atomic E-state index is 13.6. The van der Waals surface area contributed by atoms with E-state index in [9.17, 15) is 9.59 Å². The summed E-state index contributed by atoms with van der Waals surface area (Å²) in [5, 5.41) is 3.92. The van der Waals surface area contributed by atoms with Crippen LogP contribution in [-0.4, -0.2) is 35.1 Å². The van der Waals surface area contributed by atoms with Crippen LogP contribution in [-0.2, 0) is 28.3 Å². The molecule has 0 aliphatic carbocycles. The van der Waals surface area contributed by atoms with E-state index in [2.05, 4.69) is 5.32 Å². The van der Waals surface area contributed by atoms with Crippen molar-refractivity contribution in [2.75, 3.05) is 12.3 Å². The predicted molar refractivity (Wildman–Crippen MR) is 147 cm³/mol. The van der Waals surface area contributed by atoms with Crippen molar-refractivity contribution in [1.29, 1.82) is 0 Å². The first kappa shape index (κ1) is 27.1. The fourth-order valence-corrected chi connectivity index (χ4v) is 5.07. The first-order chi connectivity index (χ1) is 17.0. The summed E-state index contributed by atoms with van der Waals surface area (Å²) in [6, 6.07) is 24.3. The molecule has 7 heteroatoms. The summed E-state index contributed by atoms with van der Waals surface area (Å²) < 4.78 is 0. The zero-order valence-corrected chi connectivity index (χ0v) is 22.1. The summed E-state index contributed by atoms with van der Waals surface area (Å²) in [6.45, 7) is 2.70. The zero-order chi connectivity index (χ0) is 25.0. The number of hydrogen-bond donors (Lipinski definition) is 1. The van der Waals surface area contributed by atoms with Crippen LogP contribution in [0.2, 0.25) is 10.0 Å². The van der Waals surface area contributed by atoms with E-state index < -0.39 is 6.04 Å². The highest BCUT2D eigenvalue weighted by molar-refractivity contribution is 7.99. The molecule has 2 amide bonds. The van der Waals surface area contributed by atoms with Crippen molar-refractivity contribution in [2.45, 2.75) is 38.1 Å². The Morgan fingerprint density at radius 3 is 2.09 bits per heavy atom. The number of nitrogens with one attached hydrogen (secondary N) is 1. The van der Waals surface area contributed by atoms with Gasteiger partial charge in [-0.1, -0.05) is 96.9 Å². The van der Waals surface area contributed by atoms with E-state index in [0.29, 0.717) is 34.3 Å². The third-order valence-corrected chi connectivity index (χ3v) is 7.24. The second-order valence-electron chi connectivity index (χ2n) is 8.20. The zero-order valence-electron chi connectivity index (χ0n) is 19.8. The Balaban J connectivity index is 1.88. The maximum Gasteiger partial charge on any atom is 0.243 e. The molecule has 0 aromatic heterocycles. The Hall–Kier alpha value is -2.47. The van der Waals surface area contributed by atoms with E-state index in [1.54, 1.807) is 23.1 Å². The summed E-state index contributed by atoms with van der Waals surface area (Å²) in [7, 11) is 0. The van der Waals surface area contributed by atoms with Gasteiger partial charge in [0.25, 0.3) is 0 Å². The van der Waals surface area contributed by atoms with Crippen LogP contribution in [0.1, 0.15) is 30.0 Å². The molecule has 35 heavy (non-hydrogen) atoms. The summed E-state index contributed by atoms with van der Waals surface area (Å²) in [5.74, 6) is 0.636. The van der Waals surface area contributed by atoms with Crippen LogP contribution in [0.3, 0.4) is 0 Å². The summed E-state index contributed by atoms with van der Waals surface area (Å²) in [4.78, 5) is 28.6. The van der Waals surface area contributed by atoms with E-state index in [-0.39, 0.29) is 24.1 Å². The predicted octanol–water partition coefficient (Wildman–Crippen LogP) is 6.39. The van der Waals surface area contributed by atoms with Gasteiger partial charge in [0.1, 0.15) is 6.04 Å². The van der Waals surface area contributed by atoms with Crippen LogP contribution in [0.25, 0.3) is 0 Å². The standard InChI is InChI=1S/C28H30Cl2N2O2S/c1-2-16-31-28(34)26(17-21-10-5-3-6-11-21)32(18-23-24(29)14-9-15-25(23)30)27(33)20-35-19-22-12-7-4-8-13-22/h3-15,26H,2,16-20H2,1H3,(H,31,34)/t26-/m0/s1. The lowest BCUT2D eigenvalue weighted by atomic mass is 10.0. The van der Waals surface area contributed by atoms with Gasteiger partial charge in [-0.2, -0.15) is 0 Å². The molecule has 0 fully saturated rings. The van der Waals surface area contributed by atoms with Crippen molar-refractivity contribution < 1.29 is 9.59 Å². The lowest BCUT2D eigenvalue weighted by molar-refractivity contribution is -0.139. The van der Waals surface area contributed by atoms with Crippen LogP contribution in [0, 0.1) is 0 Å². The molecule has 1 N–H and O–H groups in total. The molecule has 0 spiro atoms. The lowest BCUT2D eigenvalue weighted by Gasteiger charge is -2.32. The Labute approximate surface area is 222 Å². The number of benzene rings is 3. The number of amides is 2. The number of halogens is 2. The normalized spacial score (nSPS) is 11.6. The highest BCUT2D eigenvalue weighted by atomic mass is 35.5. The number of carbonyl (C=O) groups is 2. The van der Waals surface area contributed by atoms with E-state index in [4.69, 9.17) is 23.2 Å². The van der Waals surface area contributed by atoms with Gasteiger partial charge in [-0.25, -0.2) is 0 Å². The van der Waals surface area contributed by atoms with E-state index in [0.717, 1.165) is 17.5 Å². The molecule has 0 aliphatic rings. The number of hydrogen-bond acceptors (Lipinski definition) is 3. The van der Waals surface area contributed by atoms with Crippen LogP contribution >= 0.6 is 35.0 Å². The first-order valence-electron chi connectivity index (χ1n) is 11.6. The Kier molecular flexibility index (Phi) is 11.0. The molecule has 184 valence electrons. The lowest BCUT2D eigenvalue weighted by Crippen LogP contribution is -2.51. The van der Waals surface area contributed by atoms with E-state index >= 15 is 0 Å². The Bertz CT molecular complexity index is 1080. The number of nitrogens with zero attached hydrogens (tertiary/aromatic N) is 1. The minimum Gasteiger partial charge on any atom is -0.354 e. The number of thioether (sulfide) groups is 1. The smallest absolute Gasteiger partial charge is 0.243 e. The van der Waals surface area contributed by atoms with E-state index in [1.165, 1.54) is 11.8 Å². The van der Waals surface area contributed by atoms with E-state index in [1.807, 2.05) is 67.6 Å². The van der Waals surface area contributed by atoms with Gasteiger partial charge in [0.05, 0.1) is 5.75 Å². The van der Waals surface area contributed by atoms with Gasteiger partial charge in [0.2, 0.25) is 11.8 Å². The molecular weight excluding hydrogens is 499 g/mol. The molecule has 0 saturated carbocycles. The van der Waals surface area contributed by atoms with Crippen molar-refractivity contribution in [2.24, 2.45) is 0 Å². The Morgan fingerprint density at radius 2 is 1.49 bits per heavy atom. The minimum atomic E-state index is -0.693. The van der Waals surface area contributed by atoms with Crippen molar-refractivity contribution in [3.8, 4) is 0 Å². The van der Waals surface area contributed by atoms with Gasteiger partial charge < -0.3 is 10.2 Å². The highest BCUT2D eigenvalue weighted by Crippen LogP contribution is 2.28. The minimum absolute atomic E-state index is 0.130. The van der Waals surface area contributed by atoms with Crippen LogP contribution in [0.5, 0.6) is 0 Å². The van der Waals surface area contributed by atoms with Gasteiger partial charge in [-0.15, -0.1) is 11.8 Å². The SMILES string of the molecule is CCCNC(=O)[C@H](Cc1ccccc1)N(Cc1c(Cl)cccc1Cl)C(=O)CSCc1ccccc1. The molecule has 3 aromatic carbocycles. The number of rotatable bonds is 12. The van der Waals surface area contributed by atoms with Crippen LogP contribution in [0.4, 0.5) is 0 Å². The summed E-state index contributed by atoms with van der Waals surface area (Å²) in [6.07, 6.45) is 1.20. The van der Waals surface area contributed by atoms with Gasteiger partial charge in [-0.3, -0.25) is 9.59 Å². The fourth-order valence-electron chi connectivity index (χ4n) is 3.69. The number of carbonyl (C=O) groups excluding carboxylic acids is 2. The van der Waals surface area contributed by atoms with Gasteiger partial charge >= 0.3 is 0 Å². The molecule has 3 aromatic rings. The summed E-state index contributed by atoms with van der Waals surface area (Å²) >= 11 is 14.5. The van der Waals surface area contributed by atoms with Crippen molar-refractivity contribution in [3.05, 3.63) is 106 Å². The Morgan fingerprint density at radius 1 is 0.886 bits per heavy atom. The monoisotopic (exact) mass is 528 g/mol. The van der Waals surface area contributed by atoms with Crippen LogP contribution < -0.4 is 5.32 Å². The molecule has 0 aliphatic heterocycles. The van der Waals surface area contributed by atoms with Crippen molar-refractivity contribution in [3.63, 3.8) is 0 Å². The fraction of sp³-hybridized carbons (Fsp3) is 0.286. The maximum atomic E-state index is 13.6. The summed E-state index contributed by atoms with van der Waals surface area (Å²) in [5.41, 5.74) is 2.76. The first-order valence-corrected chi connectivity index (χ1v) is 13.6.